The molecular weight excluding hydrogens is 466 g/mol. The zero-order valence-corrected chi connectivity index (χ0v) is 20.2. The predicted molar refractivity (Wildman–Crippen MR) is 154 cm³/mol. The van der Waals surface area contributed by atoms with Crippen LogP contribution in [0.3, 0.4) is 0 Å². The highest BCUT2D eigenvalue weighted by Crippen LogP contribution is 2.42. The van der Waals surface area contributed by atoms with Crippen LogP contribution in [0.4, 0.5) is 0 Å². The van der Waals surface area contributed by atoms with Crippen LogP contribution >= 0.6 is 22.9 Å². The maximum absolute atomic E-state index is 6.56. The zero-order valence-electron chi connectivity index (χ0n) is 18.6. The van der Waals surface area contributed by atoms with Crippen LogP contribution in [0.25, 0.3) is 69.2 Å². The second kappa shape index (κ2) is 7.08. The summed E-state index contributed by atoms with van der Waals surface area (Å²) in [6.45, 7) is 0. The van der Waals surface area contributed by atoms with Gasteiger partial charge in [-0.2, -0.15) is 0 Å². The summed E-state index contributed by atoms with van der Waals surface area (Å²) >= 11 is 8.33. The first-order chi connectivity index (χ1) is 17.3. The van der Waals surface area contributed by atoms with Crippen molar-refractivity contribution in [3.05, 3.63) is 114 Å². The van der Waals surface area contributed by atoms with Gasteiger partial charge in [0.2, 0.25) is 0 Å². The van der Waals surface area contributed by atoms with Crippen molar-refractivity contribution in [2.45, 2.75) is 0 Å². The third-order valence-corrected chi connectivity index (χ3v) is 8.86. The van der Waals surface area contributed by atoms with Crippen molar-refractivity contribution in [1.29, 1.82) is 0 Å². The molecule has 0 N–H and O–H groups in total. The molecule has 0 amide bonds. The van der Waals surface area contributed by atoms with Crippen molar-refractivity contribution >= 4 is 86.5 Å². The summed E-state index contributed by atoms with van der Waals surface area (Å²) < 4.78 is 4.88. The van der Waals surface area contributed by atoms with Gasteiger partial charge in [0.25, 0.3) is 0 Å². The van der Waals surface area contributed by atoms with E-state index in [1.54, 1.807) is 11.3 Å². The quantitative estimate of drug-likeness (QED) is 0.219. The normalized spacial score (nSPS) is 12.1. The lowest BCUT2D eigenvalue weighted by molar-refractivity contribution is 1.20. The summed E-state index contributed by atoms with van der Waals surface area (Å²) in [7, 11) is 0. The lowest BCUT2D eigenvalue weighted by Gasteiger charge is -2.11. The average Bonchev–Trinajstić information content (AvgIpc) is 3.45. The molecular formula is C32H18ClNS. The highest BCUT2D eigenvalue weighted by atomic mass is 35.5. The Labute approximate surface area is 210 Å². The van der Waals surface area contributed by atoms with E-state index in [4.69, 9.17) is 11.6 Å². The SMILES string of the molecule is Clc1cccc2c1sc1cc(-n3c4c5ccccc5ccc4c4ccc5ccccc5c43)ccc12. The third kappa shape index (κ3) is 2.64. The fourth-order valence-corrected chi connectivity index (χ4v) is 7.12. The van der Waals surface area contributed by atoms with Crippen LogP contribution < -0.4 is 0 Å². The Morgan fingerprint density at radius 1 is 0.514 bits per heavy atom. The van der Waals surface area contributed by atoms with Crippen LogP contribution in [-0.2, 0) is 0 Å². The minimum absolute atomic E-state index is 0.819. The highest BCUT2D eigenvalue weighted by molar-refractivity contribution is 7.26. The molecule has 0 fully saturated rings. The molecule has 2 aromatic heterocycles. The molecule has 0 saturated heterocycles. The van der Waals surface area contributed by atoms with Crippen LogP contribution in [0.15, 0.2) is 109 Å². The first-order valence-corrected chi connectivity index (χ1v) is 12.9. The maximum Gasteiger partial charge on any atom is 0.0619 e. The van der Waals surface area contributed by atoms with Gasteiger partial charge in [0.15, 0.2) is 0 Å². The Balaban J connectivity index is 1.59. The summed E-state index contributed by atoms with van der Waals surface area (Å²) in [5.74, 6) is 0. The third-order valence-electron chi connectivity index (χ3n) is 7.23. The molecule has 0 bridgehead atoms. The molecule has 0 aliphatic rings. The Kier molecular flexibility index (Phi) is 3.94. The molecule has 0 aliphatic heterocycles. The maximum atomic E-state index is 6.56. The molecule has 8 aromatic rings. The fourth-order valence-electron chi connectivity index (χ4n) is 5.69. The summed E-state index contributed by atoms with van der Waals surface area (Å²) in [5.41, 5.74) is 3.69. The first-order valence-electron chi connectivity index (χ1n) is 11.7. The summed E-state index contributed by atoms with van der Waals surface area (Å²) in [6.07, 6.45) is 0. The van der Waals surface area contributed by atoms with E-state index in [0.29, 0.717) is 0 Å². The van der Waals surface area contributed by atoms with Gasteiger partial charge in [-0.05, 0) is 29.0 Å². The number of fused-ring (bicyclic) bond motifs is 10. The van der Waals surface area contributed by atoms with E-state index in [1.807, 2.05) is 12.1 Å². The van der Waals surface area contributed by atoms with E-state index in [1.165, 1.54) is 64.5 Å². The summed E-state index contributed by atoms with van der Waals surface area (Å²) in [4.78, 5) is 0. The predicted octanol–water partition coefficient (Wildman–Crippen LogP) is 10.1. The molecule has 0 spiro atoms. The lowest BCUT2D eigenvalue weighted by Crippen LogP contribution is -1.95. The Morgan fingerprint density at radius 2 is 1.11 bits per heavy atom. The number of hydrogen-bond donors (Lipinski definition) is 0. The van der Waals surface area contributed by atoms with Gasteiger partial charge in [0, 0.05) is 42.7 Å². The van der Waals surface area contributed by atoms with Crippen LogP contribution in [0.1, 0.15) is 0 Å². The largest absolute Gasteiger partial charge is 0.308 e. The van der Waals surface area contributed by atoms with E-state index in [0.717, 1.165) is 9.72 Å². The minimum Gasteiger partial charge on any atom is -0.308 e. The number of benzene rings is 6. The van der Waals surface area contributed by atoms with Crippen LogP contribution in [0.2, 0.25) is 5.02 Å². The topological polar surface area (TPSA) is 4.93 Å². The molecule has 0 unspecified atom stereocenters. The molecule has 0 aliphatic carbocycles. The number of hydrogen-bond acceptors (Lipinski definition) is 1. The van der Waals surface area contributed by atoms with Crippen molar-refractivity contribution < 1.29 is 0 Å². The van der Waals surface area contributed by atoms with E-state index in [-0.39, 0.29) is 0 Å². The van der Waals surface area contributed by atoms with Gasteiger partial charge in [0.1, 0.15) is 0 Å². The van der Waals surface area contributed by atoms with Crippen LogP contribution in [-0.4, -0.2) is 4.57 Å². The van der Waals surface area contributed by atoms with Gasteiger partial charge in [-0.15, -0.1) is 11.3 Å². The fraction of sp³-hybridized carbons (Fsp3) is 0. The minimum atomic E-state index is 0.819. The summed E-state index contributed by atoms with van der Waals surface area (Å²) in [6, 6.07) is 39.5. The molecule has 0 saturated carbocycles. The van der Waals surface area contributed by atoms with E-state index < -0.39 is 0 Å². The number of thiophene rings is 1. The van der Waals surface area contributed by atoms with Gasteiger partial charge in [-0.1, -0.05) is 103 Å². The molecule has 3 heteroatoms. The zero-order chi connectivity index (χ0) is 23.1. The Hall–Kier alpha value is -3.85. The van der Waals surface area contributed by atoms with Gasteiger partial charge >= 0.3 is 0 Å². The lowest BCUT2D eigenvalue weighted by atomic mass is 10.0. The molecule has 0 radical (unpaired) electrons. The molecule has 35 heavy (non-hydrogen) atoms. The second-order valence-corrected chi connectivity index (χ2v) is 10.6. The molecule has 164 valence electrons. The monoisotopic (exact) mass is 483 g/mol. The van der Waals surface area contributed by atoms with Crippen molar-refractivity contribution in [1.82, 2.24) is 4.57 Å². The highest BCUT2D eigenvalue weighted by Gasteiger charge is 2.18. The van der Waals surface area contributed by atoms with Crippen LogP contribution in [0, 0.1) is 0 Å². The number of rotatable bonds is 1. The van der Waals surface area contributed by atoms with Crippen molar-refractivity contribution in [3.8, 4) is 5.69 Å². The summed E-state index contributed by atoms with van der Waals surface area (Å²) in [5, 5.41) is 10.9. The number of nitrogens with zero attached hydrogens (tertiary/aromatic N) is 1. The van der Waals surface area contributed by atoms with E-state index in [9.17, 15) is 0 Å². The second-order valence-electron chi connectivity index (χ2n) is 9.10. The van der Waals surface area contributed by atoms with Gasteiger partial charge in [0.05, 0.1) is 20.8 Å². The first kappa shape index (κ1) is 19.5. The van der Waals surface area contributed by atoms with Crippen molar-refractivity contribution in [2.24, 2.45) is 0 Å². The van der Waals surface area contributed by atoms with E-state index >= 15 is 0 Å². The van der Waals surface area contributed by atoms with E-state index in [2.05, 4.69) is 102 Å². The molecule has 1 nitrogen and oxygen atoms in total. The standard InChI is InChI=1S/C32H18ClNS/c33-28-11-5-10-27-24-17-14-21(18-29(24)35-32(27)28)34-30-22-8-3-1-6-19(22)12-15-25(30)26-16-13-20-7-2-4-9-23(20)31(26)34/h1-18H. The van der Waals surface area contributed by atoms with Crippen molar-refractivity contribution in [2.75, 3.05) is 0 Å². The molecule has 2 heterocycles. The van der Waals surface area contributed by atoms with Gasteiger partial charge in [-0.3, -0.25) is 0 Å². The number of halogens is 1. The average molecular weight is 484 g/mol. The van der Waals surface area contributed by atoms with Gasteiger partial charge < -0.3 is 4.57 Å². The Morgan fingerprint density at radius 3 is 1.80 bits per heavy atom. The Bertz CT molecular complexity index is 2040. The van der Waals surface area contributed by atoms with Crippen molar-refractivity contribution in [3.63, 3.8) is 0 Å². The molecule has 0 atom stereocenters. The smallest absolute Gasteiger partial charge is 0.0619 e. The molecule has 8 rings (SSSR count). The number of aromatic nitrogens is 1. The molecule has 6 aromatic carbocycles. The van der Waals surface area contributed by atoms with Gasteiger partial charge in [-0.25, -0.2) is 0 Å². The van der Waals surface area contributed by atoms with Crippen LogP contribution in [0.5, 0.6) is 0 Å².